The van der Waals surface area contributed by atoms with Crippen molar-refractivity contribution in [3.63, 3.8) is 0 Å². The molecule has 1 aromatic rings. The Kier molecular flexibility index (Phi) is 2.04. The summed E-state index contributed by atoms with van der Waals surface area (Å²) >= 11 is 1.51. The van der Waals surface area contributed by atoms with Crippen molar-refractivity contribution in [2.75, 3.05) is 0 Å². The Bertz CT molecular complexity index is 196. The van der Waals surface area contributed by atoms with Crippen LogP contribution in [0.3, 0.4) is 0 Å². The molecule has 0 saturated carbocycles. The molecule has 4 nitrogen and oxygen atoms in total. The Morgan fingerprint density at radius 1 is 1.89 bits per heavy atom. The Labute approximate surface area is 65.3 Å². The maximum Gasteiger partial charge on any atom is 0.368 e. The second-order valence-corrected chi connectivity index (χ2v) is 1.76. The molecule has 1 aromatic heterocycles. The Morgan fingerprint density at radius 2 is 2.67 bits per heavy atom. The van der Waals surface area contributed by atoms with Crippen molar-refractivity contribution >= 4 is 29.0 Å². The van der Waals surface area contributed by atoms with E-state index in [0.29, 0.717) is 5.69 Å². The van der Waals surface area contributed by atoms with Crippen LogP contribution in [0.5, 0.6) is 0 Å². The number of halogens is 1. The number of hydrogen-bond acceptors (Lipinski definition) is 3. The number of aromatic amines is 1. The first-order chi connectivity index (χ1) is 4.34. The number of hydrogen-bond donors (Lipinski definition) is 1. The predicted octanol–water partition coefficient (Wildman–Crippen LogP) is 0.916. The lowest BCUT2D eigenvalue weighted by molar-refractivity contribution is 0.0794. The average Bonchev–Trinajstić information content (AvgIpc) is 2.37. The molecule has 0 unspecified atom stereocenters. The summed E-state index contributed by atoms with van der Waals surface area (Å²) in [5, 5.41) is 6.07. The summed E-state index contributed by atoms with van der Waals surface area (Å²) in [5.41, 5.74) is 0.296. The molecule has 0 radical (unpaired) electrons. The second-order valence-electron chi connectivity index (χ2n) is 1.32. The number of nitrogens with zero attached hydrogens (tertiary/aromatic N) is 1. The molecule has 1 rings (SSSR count). The molecule has 0 saturated heterocycles. The summed E-state index contributed by atoms with van der Waals surface area (Å²) in [5.74, 6) is -0.433. The highest BCUT2D eigenvalue weighted by molar-refractivity contribution is 14.1. The smallest absolute Gasteiger partial charge is 0.368 e. The standard InChI is InChI=1S/C4H3IN2O2/c5-9-4(8)3-1-2-6-7-3/h1-2H,(H,6,7). The van der Waals surface area contributed by atoms with Gasteiger partial charge in [0, 0.05) is 6.20 Å². The van der Waals surface area contributed by atoms with Crippen LogP contribution in [0.25, 0.3) is 0 Å². The minimum absolute atomic E-state index is 0.296. The minimum Gasteiger partial charge on any atom is -0.390 e. The van der Waals surface area contributed by atoms with Crippen LogP contribution in [0.2, 0.25) is 0 Å². The molecule has 0 bridgehead atoms. The van der Waals surface area contributed by atoms with E-state index >= 15 is 0 Å². The van der Waals surface area contributed by atoms with Crippen LogP contribution in [0, 0.1) is 0 Å². The van der Waals surface area contributed by atoms with Gasteiger partial charge in [0.25, 0.3) is 0 Å². The Hall–Kier alpha value is -0.590. The first-order valence-corrected chi connectivity index (χ1v) is 3.05. The van der Waals surface area contributed by atoms with Crippen LogP contribution in [-0.4, -0.2) is 16.2 Å². The summed E-state index contributed by atoms with van der Waals surface area (Å²) in [4.78, 5) is 10.6. The number of carbonyl (C=O) groups excluding carboxylic acids is 1. The molecule has 0 aromatic carbocycles. The summed E-state index contributed by atoms with van der Waals surface area (Å²) in [7, 11) is 0. The summed E-state index contributed by atoms with van der Waals surface area (Å²) in [6.07, 6.45) is 1.56. The third-order valence-electron chi connectivity index (χ3n) is 0.780. The first-order valence-electron chi connectivity index (χ1n) is 2.17. The highest BCUT2D eigenvalue weighted by Crippen LogP contribution is 1.98. The zero-order chi connectivity index (χ0) is 6.69. The van der Waals surface area contributed by atoms with E-state index in [1.807, 2.05) is 0 Å². The molecular weight excluding hydrogens is 235 g/mol. The summed E-state index contributed by atoms with van der Waals surface area (Å²) in [6, 6.07) is 1.54. The van der Waals surface area contributed by atoms with Gasteiger partial charge in [0.1, 0.15) is 0 Å². The fourth-order valence-electron chi connectivity index (χ4n) is 0.413. The van der Waals surface area contributed by atoms with Crippen LogP contribution < -0.4 is 0 Å². The van der Waals surface area contributed by atoms with Crippen LogP contribution in [0.15, 0.2) is 12.3 Å². The Morgan fingerprint density at radius 3 is 3.11 bits per heavy atom. The van der Waals surface area contributed by atoms with Gasteiger partial charge < -0.3 is 3.07 Å². The predicted molar refractivity (Wildman–Crippen MR) is 38.0 cm³/mol. The summed E-state index contributed by atoms with van der Waals surface area (Å²) in [6.45, 7) is 0. The zero-order valence-electron chi connectivity index (χ0n) is 4.30. The van der Waals surface area contributed by atoms with E-state index in [4.69, 9.17) is 0 Å². The van der Waals surface area contributed by atoms with Crippen LogP contribution >= 0.6 is 23.0 Å². The van der Waals surface area contributed by atoms with Gasteiger partial charge in [-0.2, -0.15) is 5.10 Å². The molecule has 0 fully saturated rings. The number of rotatable bonds is 1. The SMILES string of the molecule is O=C(OI)c1cc[nH]n1. The van der Waals surface area contributed by atoms with Gasteiger partial charge in [-0.15, -0.1) is 0 Å². The van der Waals surface area contributed by atoms with Crippen molar-refractivity contribution in [2.24, 2.45) is 0 Å². The van der Waals surface area contributed by atoms with Crippen molar-refractivity contribution in [2.45, 2.75) is 0 Å². The number of aromatic nitrogens is 2. The third kappa shape index (κ3) is 1.41. The number of nitrogens with one attached hydrogen (secondary N) is 1. The van der Waals surface area contributed by atoms with Gasteiger partial charge in [0.2, 0.25) is 0 Å². The second kappa shape index (κ2) is 2.81. The zero-order valence-corrected chi connectivity index (χ0v) is 6.45. The van der Waals surface area contributed by atoms with Crippen molar-refractivity contribution in [1.29, 1.82) is 0 Å². The van der Waals surface area contributed by atoms with Gasteiger partial charge >= 0.3 is 5.97 Å². The molecule has 1 heterocycles. The highest BCUT2D eigenvalue weighted by Gasteiger charge is 2.05. The van der Waals surface area contributed by atoms with E-state index in [-0.39, 0.29) is 0 Å². The first kappa shape index (κ1) is 6.53. The van der Waals surface area contributed by atoms with Gasteiger partial charge in [-0.1, -0.05) is 0 Å². The van der Waals surface area contributed by atoms with Gasteiger partial charge in [0.05, 0.1) is 0 Å². The summed E-state index contributed by atoms with van der Waals surface area (Å²) < 4.78 is 4.34. The van der Waals surface area contributed by atoms with Crippen LogP contribution in [0.4, 0.5) is 0 Å². The molecule has 5 heteroatoms. The fraction of sp³-hybridized carbons (Fsp3) is 0. The lowest BCUT2D eigenvalue weighted by atomic mass is 10.5. The van der Waals surface area contributed by atoms with Gasteiger partial charge in [0.15, 0.2) is 28.7 Å². The third-order valence-corrected chi connectivity index (χ3v) is 1.18. The molecule has 0 amide bonds. The molecule has 48 valence electrons. The van der Waals surface area contributed by atoms with Crippen LogP contribution in [-0.2, 0) is 3.07 Å². The quantitative estimate of drug-likeness (QED) is 0.740. The Balaban J connectivity index is 2.77. The molecule has 0 spiro atoms. The van der Waals surface area contributed by atoms with Crippen LogP contribution in [0.1, 0.15) is 10.5 Å². The molecule has 0 aliphatic carbocycles. The van der Waals surface area contributed by atoms with Gasteiger partial charge in [-0.05, 0) is 6.07 Å². The topological polar surface area (TPSA) is 55.0 Å². The number of H-pyrrole nitrogens is 1. The lowest BCUT2D eigenvalue weighted by Gasteiger charge is -1.85. The lowest BCUT2D eigenvalue weighted by Crippen LogP contribution is -1.97. The fourth-order valence-corrected chi connectivity index (χ4v) is 0.639. The maximum absolute atomic E-state index is 10.6. The van der Waals surface area contributed by atoms with E-state index < -0.39 is 5.97 Å². The number of carbonyl (C=O) groups is 1. The average molecular weight is 238 g/mol. The minimum atomic E-state index is -0.433. The molecule has 1 N–H and O–H groups in total. The van der Waals surface area contributed by atoms with Crippen molar-refractivity contribution in [1.82, 2.24) is 10.2 Å². The van der Waals surface area contributed by atoms with E-state index in [2.05, 4.69) is 13.3 Å². The van der Waals surface area contributed by atoms with E-state index in [0.717, 1.165) is 0 Å². The molecule has 0 aliphatic heterocycles. The van der Waals surface area contributed by atoms with Crippen molar-refractivity contribution < 1.29 is 7.86 Å². The van der Waals surface area contributed by atoms with Crippen molar-refractivity contribution in [3.8, 4) is 0 Å². The van der Waals surface area contributed by atoms with E-state index in [1.165, 1.54) is 23.0 Å². The van der Waals surface area contributed by atoms with Gasteiger partial charge in [-0.3, -0.25) is 5.10 Å². The molecule has 0 aliphatic rings. The largest absolute Gasteiger partial charge is 0.390 e. The molecule has 0 atom stereocenters. The molecule has 9 heavy (non-hydrogen) atoms. The molecular formula is C4H3IN2O2. The monoisotopic (exact) mass is 238 g/mol. The van der Waals surface area contributed by atoms with E-state index in [9.17, 15) is 4.79 Å². The van der Waals surface area contributed by atoms with E-state index in [1.54, 1.807) is 12.3 Å². The van der Waals surface area contributed by atoms with Crippen molar-refractivity contribution in [3.05, 3.63) is 18.0 Å². The maximum atomic E-state index is 10.6. The van der Waals surface area contributed by atoms with Gasteiger partial charge in [-0.25, -0.2) is 4.79 Å². The normalized spacial score (nSPS) is 9.00. The highest BCUT2D eigenvalue weighted by atomic mass is 127.